The Labute approximate surface area is 221 Å². The Balaban J connectivity index is 1.85. The minimum atomic E-state index is -1.15. The molecule has 1 atom stereocenters. The Kier molecular flexibility index (Phi) is 10.4. The quantitative estimate of drug-likeness (QED) is 0.354. The standard InChI is InChI=1S/C27H34N4O7/c1-26(2,3)37-25(36)29-17-27(4,5)38-24(35)28-16-19-11-13-20(14-12-19)30-23(34)31-21(22(32)33)15-18-9-7-6-8-10-18/h6-14,16,21H,15,17H2,1-5H3,(H,29,36)(H,32,33)(H2,30,31,34). The number of amides is 4. The van der Waals surface area contributed by atoms with E-state index in [9.17, 15) is 24.3 Å². The first-order valence-corrected chi connectivity index (χ1v) is 11.9. The molecular weight excluding hydrogens is 492 g/mol. The van der Waals surface area contributed by atoms with Crippen molar-refractivity contribution in [3.8, 4) is 0 Å². The molecule has 0 aliphatic carbocycles. The predicted octanol–water partition coefficient (Wildman–Crippen LogP) is 4.36. The largest absolute Gasteiger partial charge is 0.480 e. The van der Waals surface area contributed by atoms with Crippen LogP contribution in [0.15, 0.2) is 59.6 Å². The van der Waals surface area contributed by atoms with Crippen LogP contribution < -0.4 is 16.0 Å². The molecule has 0 aromatic heterocycles. The van der Waals surface area contributed by atoms with E-state index < -0.39 is 41.4 Å². The smallest absolute Gasteiger partial charge is 0.434 e. The number of aliphatic imine (C=N–C) groups is 1. The molecule has 0 saturated heterocycles. The lowest BCUT2D eigenvalue weighted by atomic mass is 10.1. The second-order valence-electron chi connectivity index (χ2n) is 10.0. The van der Waals surface area contributed by atoms with E-state index in [1.807, 2.05) is 6.07 Å². The number of carbonyl (C=O) groups excluding carboxylic acids is 3. The number of hydrogen-bond acceptors (Lipinski definition) is 6. The summed E-state index contributed by atoms with van der Waals surface area (Å²) in [5.41, 5.74) is 0.0873. The number of carboxylic acids is 1. The van der Waals surface area contributed by atoms with Crippen LogP contribution in [0.5, 0.6) is 0 Å². The third-order valence-corrected chi connectivity index (χ3v) is 4.79. The van der Waals surface area contributed by atoms with Gasteiger partial charge in [0.25, 0.3) is 0 Å². The van der Waals surface area contributed by atoms with Crippen molar-refractivity contribution in [3.05, 3.63) is 65.7 Å². The van der Waals surface area contributed by atoms with Crippen LogP contribution in [0.4, 0.5) is 20.1 Å². The average molecular weight is 527 g/mol. The van der Waals surface area contributed by atoms with Gasteiger partial charge in [-0.3, -0.25) is 0 Å². The molecule has 1 unspecified atom stereocenters. The van der Waals surface area contributed by atoms with Crippen LogP contribution >= 0.6 is 0 Å². The van der Waals surface area contributed by atoms with Crippen LogP contribution in [0.25, 0.3) is 0 Å². The first kappa shape index (κ1) is 29.8. The minimum absolute atomic E-state index is 0.0275. The van der Waals surface area contributed by atoms with Crippen molar-refractivity contribution >= 4 is 36.1 Å². The normalized spacial score (nSPS) is 12.3. The molecule has 0 aliphatic heterocycles. The number of carbonyl (C=O) groups is 4. The Morgan fingerprint density at radius 2 is 1.58 bits per heavy atom. The lowest BCUT2D eigenvalue weighted by Crippen LogP contribution is -2.44. The van der Waals surface area contributed by atoms with Crippen LogP contribution in [-0.4, -0.2) is 59.3 Å². The van der Waals surface area contributed by atoms with Crippen LogP contribution in [0, 0.1) is 0 Å². The maximum Gasteiger partial charge on any atom is 0.434 e. The highest BCUT2D eigenvalue weighted by Crippen LogP contribution is 2.12. The Morgan fingerprint density at radius 1 is 0.947 bits per heavy atom. The third-order valence-electron chi connectivity index (χ3n) is 4.79. The molecule has 11 nitrogen and oxygen atoms in total. The fraction of sp³-hybridized carbons (Fsp3) is 0.370. The lowest BCUT2D eigenvalue weighted by Gasteiger charge is -2.25. The number of nitrogens with one attached hydrogen (secondary N) is 3. The molecule has 38 heavy (non-hydrogen) atoms. The van der Waals surface area contributed by atoms with Gasteiger partial charge in [0.15, 0.2) is 0 Å². The molecule has 2 rings (SSSR count). The summed E-state index contributed by atoms with van der Waals surface area (Å²) in [6.07, 6.45) is -0.0322. The number of benzene rings is 2. The molecule has 4 N–H and O–H groups in total. The van der Waals surface area contributed by atoms with Crippen molar-refractivity contribution in [3.63, 3.8) is 0 Å². The summed E-state index contributed by atoms with van der Waals surface area (Å²) in [7, 11) is 0. The predicted molar refractivity (Wildman–Crippen MR) is 143 cm³/mol. The number of aliphatic carboxylic acids is 1. The van der Waals surface area contributed by atoms with Crippen molar-refractivity contribution in [1.82, 2.24) is 10.6 Å². The molecule has 4 amide bonds. The molecule has 204 valence electrons. The maximum atomic E-state index is 12.3. The van der Waals surface area contributed by atoms with Crippen molar-refractivity contribution in [2.24, 2.45) is 4.99 Å². The van der Waals surface area contributed by atoms with Gasteiger partial charge in [0, 0.05) is 18.3 Å². The summed E-state index contributed by atoms with van der Waals surface area (Å²) < 4.78 is 10.4. The zero-order chi connectivity index (χ0) is 28.3. The van der Waals surface area contributed by atoms with Gasteiger partial charge in [-0.15, -0.1) is 0 Å². The molecule has 0 bridgehead atoms. The van der Waals surface area contributed by atoms with E-state index in [4.69, 9.17) is 9.47 Å². The van der Waals surface area contributed by atoms with Gasteiger partial charge in [-0.25, -0.2) is 19.2 Å². The highest BCUT2D eigenvalue weighted by molar-refractivity contribution is 5.93. The van der Waals surface area contributed by atoms with Crippen molar-refractivity contribution in [2.45, 2.75) is 58.3 Å². The van der Waals surface area contributed by atoms with Gasteiger partial charge in [0.1, 0.15) is 17.2 Å². The Morgan fingerprint density at radius 3 is 2.16 bits per heavy atom. The van der Waals surface area contributed by atoms with Crippen LogP contribution in [0.3, 0.4) is 0 Å². The highest BCUT2D eigenvalue weighted by Gasteiger charge is 2.25. The molecule has 2 aromatic carbocycles. The zero-order valence-electron chi connectivity index (χ0n) is 22.1. The monoisotopic (exact) mass is 526 g/mol. The summed E-state index contributed by atoms with van der Waals surface area (Å²) in [6.45, 7) is 8.50. The van der Waals surface area contributed by atoms with Gasteiger partial charge in [-0.1, -0.05) is 42.5 Å². The second kappa shape index (κ2) is 13.2. The fourth-order valence-corrected chi connectivity index (χ4v) is 3.05. The van der Waals surface area contributed by atoms with E-state index in [2.05, 4.69) is 20.9 Å². The zero-order valence-corrected chi connectivity index (χ0v) is 22.1. The Hall–Kier alpha value is -4.41. The van der Waals surface area contributed by atoms with Gasteiger partial charge >= 0.3 is 24.2 Å². The lowest BCUT2D eigenvalue weighted by molar-refractivity contribution is -0.139. The number of alkyl carbamates (subject to hydrolysis) is 1. The van der Waals surface area contributed by atoms with Gasteiger partial charge in [0.05, 0.1) is 6.54 Å². The fourth-order valence-electron chi connectivity index (χ4n) is 3.05. The van der Waals surface area contributed by atoms with E-state index >= 15 is 0 Å². The van der Waals surface area contributed by atoms with Crippen molar-refractivity contribution in [1.29, 1.82) is 0 Å². The summed E-state index contributed by atoms with van der Waals surface area (Å²) in [5, 5.41) is 17.0. The summed E-state index contributed by atoms with van der Waals surface area (Å²) in [5.74, 6) is -1.15. The first-order valence-electron chi connectivity index (χ1n) is 11.9. The van der Waals surface area contributed by atoms with E-state index in [0.717, 1.165) is 5.56 Å². The molecule has 0 radical (unpaired) electrons. The summed E-state index contributed by atoms with van der Waals surface area (Å²) in [4.78, 5) is 51.5. The topological polar surface area (TPSA) is 155 Å². The maximum absolute atomic E-state index is 12.3. The molecule has 0 aliphatic rings. The van der Waals surface area contributed by atoms with Crippen LogP contribution in [-0.2, 0) is 20.7 Å². The van der Waals surface area contributed by atoms with E-state index in [1.165, 1.54) is 6.21 Å². The number of ether oxygens (including phenoxy) is 2. The van der Waals surface area contributed by atoms with Gasteiger partial charge < -0.3 is 30.5 Å². The van der Waals surface area contributed by atoms with Gasteiger partial charge in [-0.05, 0) is 57.9 Å². The second-order valence-corrected chi connectivity index (χ2v) is 10.0. The summed E-state index contributed by atoms with van der Waals surface area (Å²) in [6, 6.07) is 13.6. The van der Waals surface area contributed by atoms with E-state index in [-0.39, 0.29) is 13.0 Å². The third kappa shape index (κ3) is 11.5. The number of nitrogens with zero attached hydrogens (tertiary/aromatic N) is 1. The van der Waals surface area contributed by atoms with Crippen molar-refractivity contribution < 1.29 is 33.8 Å². The molecule has 0 spiro atoms. The average Bonchev–Trinajstić information content (AvgIpc) is 2.81. The number of hydrogen-bond donors (Lipinski definition) is 4. The molecular formula is C27H34N4O7. The number of rotatable bonds is 9. The van der Waals surface area contributed by atoms with Crippen LogP contribution in [0.2, 0.25) is 0 Å². The van der Waals surface area contributed by atoms with Crippen molar-refractivity contribution in [2.75, 3.05) is 11.9 Å². The Bertz CT molecular complexity index is 1140. The molecule has 2 aromatic rings. The molecule has 0 heterocycles. The number of carboxylic acid groups (broad SMARTS) is 1. The van der Waals surface area contributed by atoms with E-state index in [1.54, 1.807) is 83.1 Å². The minimum Gasteiger partial charge on any atom is -0.480 e. The van der Waals surface area contributed by atoms with Gasteiger partial charge in [0.2, 0.25) is 0 Å². The molecule has 11 heteroatoms. The first-order chi connectivity index (χ1) is 17.7. The number of anilines is 1. The van der Waals surface area contributed by atoms with Gasteiger partial charge in [-0.2, -0.15) is 4.99 Å². The molecule has 0 saturated carbocycles. The summed E-state index contributed by atoms with van der Waals surface area (Å²) >= 11 is 0. The number of urea groups is 1. The highest BCUT2D eigenvalue weighted by atomic mass is 16.6. The molecule has 0 fully saturated rings. The van der Waals surface area contributed by atoms with E-state index in [0.29, 0.717) is 11.3 Å². The van der Waals surface area contributed by atoms with Crippen LogP contribution in [0.1, 0.15) is 45.7 Å². The SMILES string of the molecule is CC(C)(C)OC(=O)NCC(C)(C)OC(=O)N=Cc1ccc(NC(=O)NC(Cc2ccccc2)C(=O)O)cc1.